The smallest absolute Gasteiger partial charge is 0.162 e. The number of hydrogen-bond acceptors (Lipinski definition) is 4. The number of carbonyl (C=O) groups is 1. The van der Waals surface area contributed by atoms with Crippen molar-refractivity contribution >= 4 is 23.8 Å². The zero-order chi connectivity index (χ0) is 22.5. The molecule has 0 spiro atoms. The second-order valence-electron chi connectivity index (χ2n) is 8.85. The lowest BCUT2D eigenvalue weighted by Gasteiger charge is -2.30. The predicted molar refractivity (Wildman–Crippen MR) is 131 cm³/mol. The van der Waals surface area contributed by atoms with E-state index in [0.29, 0.717) is 23.4 Å². The summed E-state index contributed by atoms with van der Waals surface area (Å²) in [6, 6.07) is 17.9. The van der Waals surface area contributed by atoms with Crippen LogP contribution in [0.1, 0.15) is 44.7 Å². The van der Waals surface area contributed by atoms with Crippen LogP contribution in [0.4, 0.5) is 5.69 Å². The Labute approximate surface area is 190 Å². The Morgan fingerprint density at radius 1 is 0.938 bits per heavy atom. The molecule has 3 aromatic rings. The number of carbonyl (C=O) groups excluding carboxylic acids is 1. The van der Waals surface area contributed by atoms with E-state index in [9.17, 15) is 4.79 Å². The van der Waals surface area contributed by atoms with Crippen LogP contribution in [0.3, 0.4) is 0 Å². The van der Waals surface area contributed by atoms with Crippen molar-refractivity contribution in [3.8, 4) is 11.4 Å². The summed E-state index contributed by atoms with van der Waals surface area (Å²) in [4.78, 5) is 26.3. The number of aromatic nitrogens is 2. The van der Waals surface area contributed by atoms with Gasteiger partial charge in [-0.2, -0.15) is 0 Å². The standard InChI is InChI=1S/C28H29N3O/c1-19(2)25-14-9-20(3)26(27(25)32)15-21-10-12-24(13-11-21)29-16-22-17-30-28(31-18-22)23-7-5-4-6-8-23/h4-8,10-13,15-20,25H,9,14H2,1-3H3/b26-15-,29-16?/t20-,25+/m0/s1. The molecule has 0 N–H and O–H groups in total. The lowest BCUT2D eigenvalue weighted by atomic mass is 9.73. The van der Waals surface area contributed by atoms with E-state index in [1.165, 1.54) is 0 Å². The average Bonchev–Trinajstić information content (AvgIpc) is 2.82. The van der Waals surface area contributed by atoms with Crippen molar-refractivity contribution in [1.82, 2.24) is 9.97 Å². The number of Topliss-reactive ketones (excluding diaryl/α,β-unsaturated/α-hetero) is 1. The number of allylic oxidation sites excluding steroid dienone is 1. The van der Waals surface area contributed by atoms with E-state index in [1.807, 2.05) is 54.6 Å². The topological polar surface area (TPSA) is 55.2 Å². The first-order valence-electron chi connectivity index (χ1n) is 11.3. The molecular formula is C28H29N3O. The molecule has 0 aliphatic heterocycles. The zero-order valence-electron chi connectivity index (χ0n) is 18.9. The number of benzene rings is 2. The molecule has 162 valence electrons. The molecule has 0 amide bonds. The summed E-state index contributed by atoms with van der Waals surface area (Å²) in [5.74, 6) is 1.87. The first kappa shape index (κ1) is 21.8. The van der Waals surface area contributed by atoms with Gasteiger partial charge in [0, 0.05) is 35.7 Å². The van der Waals surface area contributed by atoms with Crippen molar-refractivity contribution in [2.75, 3.05) is 0 Å². The first-order chi connectivity index (χ1) is 15.5. The Morgan fingerprint density at radius 2 is 1.62 bits per heavy atom. The average molecular weight is 424 g/mol. The molecule has 1 heterocycles. The van der Waals surface area contributed by atoms with Gasteiger partial charge < -0.3 is 0 Å². The van der Waals surface area contributed by atoms with Crippen molar-refractivity contribution in [2.45, 2.75) is 33.6 Å². The molecule has 2 atom stereocenters. The third-order valence-corrected chi connectivity index (χ3v) is 6.15. The second-order valence-corrected chi connectivity index (χ2v) is 8.85. The maximum absolute atomic E-state index is 12.9. The number of aliphatic imine (C=N–C) groups is 1. The minimum absolute atomic E-state index is 0.150. The molecule has 4 heteroatoms. The molecule has 0 saturated heterocycles. The number of hydrogen-bond donors (Lipinski definition) is 0. The van der Waals surface area contributed by atoms with Gasteiger partial charge in [0.25, 0.3) is 0 Å². The van der Waals surface area contributed by atoms with Crippen LogP contribution in [0.15, 0.2) is 77.6 Å². The van der Waals surface area contributed by atoms with Crippen LogP contribution in [-0.4, -0.2) is 22.0 Å². The highest BCUT2D eigenvalue weighted by Crippen LogP contribution is 2.35. The Balaban J connectivity index is 1.45. The monoisotopic (exact) mass is 423 g/mol. The van der Waals surface area contributed by atoms with E-state index in [1.54, 1.807) is 18.6 Å². The van der Waals surface area contributed by atoms with Crippen molar-refractivity contribution in [3.05, 3.63) is 83.7 Å². The van der Waals surface area contributed by atoms with Crippen LogP contribution in [0.5, 0.6) is 0 Å². The Hall–Kier alpha value is -3.40. The quantitative estimate of drug-likeness (QED) is 0.345. The highest BCUT2D eigenvalue weighted by Gasteiger charge is 2.32. The first-order valence-corrected chi connectivity index (χ1v) is 11.3. The fourth-order valence-electron chi connectivity index (χ4n) is 4.15. The van der Waals surface area contributed by atoms with Gasteiger partial charge in [0.2, 0.25) is 0 Å². The van der Waals surface area contributed by atoms with Crippen molar-refractivity contribution in [1.29, 1.82) is 0 Å². The summed E-state index contributed by atoms with van der Waals surface area (Å²) in [6.45, 7) is 6.44. The van der Waals surface area contributed by atoms with Gasteiger partial charge in [-0.3, -0.25) is 9.79 Å². The lowest BCUT2D eigenvalue weighted by molar-refractivity contribution is -0.122. The molecule has 1 saturated carbocycles. The Kier molecular flexibility index (Phi) is 6.69. The summed E-state index contributed by atoms with van der Waals surface area (Å²) in [7, 11) is 0. The maximum Gasteiger partial charge on any atom is 0.162 e. The molecular weight excluding hydrogens is 394 g/mol. The van der Waals surface area contributed by atoms with Crippen LogP contribution < -0.4 is 0 Å². The summed E-state index contributed by atoms with van der Waals surface area (Å²) >= 11 is 0. The number of nitrogens with zero attached hydrogens (tertiary/aromatic N) is 3. The van der Waals surface area contributed by atoms with E-state index in [2.05, 4.69) is 41.8 Å². The Bertz CT molecular complexity index is 1110. The SMILES string of the molecule is CC(C)[C@H]1CC[C@H](C)/C(=C/c2ccc(N=Cc3cnc(-c4ccccc4)nc3)cc2)C1=O. The molecule has 0 unspecified atom stereocenters. The summed E-state index contributed by atoms with van der Waals surface area (Å²) in [5.41, 5.74) is 4.69. The highest BCUT2D eigenvalue weighted by atomic mass is 16.1. The maximum atomic E-state index is 12.9. The van der Waals surface area contributed by atoms with Gasteiger partial charge in [-0.05, 0) is 54.0 Å². The third-order valence-electron chi connectivity index (χ3n) is 6.15. The molecule has 4 rings (SSSR count). The molecule has 1 aliphatic rings. The van der Waals surface area contributed by atoms with Gasteiger partial charge in [-0.1, -0.05) is 63.2 Å². The van der Waals surface area contributed by atoms with Gasteiger partial charge in [-0.25, -0.2) is 9.97 Å². The van der Waals surface area contributed by atoms with Crippen LogP contribution in [0, 0.1) is 17.8 Å². The predicted octanol–water partition coefficient (Wildman–Crippen LogP) is 6.55. The van der Waals surface area contributed by atoms with Gasteiger partial charge in [-0.15, -0.1) is 0 Å². The van der Waals surface area contributed by atoms with Crippen LogP contribution in [0.25, 0.3) is 17.5 Å². The van der Waals surface area contributed by atoms with Crippen molar-refractivity contribution in [2.24, 2.45) is 22.7 Å². The Morgan fingerprint density at radius 3 is 2.28 bits per heavy atom. The fraction of sp³-hybridized carbons (Fsp3) is 0.286. The van der Waals surface area contributed by atoms with Crippen molar-refractivity contribution in [3.63, 3.8) is 0 Å². The molecule has 2 aromatic carbocycles. The van der Waals surface area contributed by atoms with Crippen LogP contribution in [-0.2, 0) is 4.79 Å². The third kappa shape index (κ3) is 5.08. The van der Waals surface area contributed by atoms with Gasteiger partial charge in [0.05, 0.1) is 5.69 Å². The molecule has 1 aromatic heterocycles. The number of rotatable bonds is 5. The van der Waals surface area contributed by atoms with E-state index in [4.69, 9.17) is 0 Å². The molecule has 4 nitrogen and oxygen atoms in total. The summed E-state index contributed by atoms with van der Waals surface area (Å²) < 4.78 is 0. The molecule has 0 radical (unpaired) electrons. The van der Waals surface area contributed by atoms with E-state index < -0.39 is 0 Å². The largest absolute Gasteiger partial charge is 0.294 e. The summed E-state index contributed by atoms with van der Waals surface area (Å²) in [5, 5.41) is 0. The summed E-state index contributed by atoms with van der Waals surface area (Å²) in [6.07, 6.45) is 9.46. The van der Waals surface area contributed by atoms with E-state index in [0.717, 1.165) is 40.8 Å². The van der Waals surface area contributed by atoms with Gasteiger partial charge >= 0.3 is 0 Å². The molecule has 0 bridgehead atoms. The van der Waals surface area contributed by atoms with E-state index in [-0.39, 0.29) is 5.92 Å². The van der Waals surface area contributed by atoms with Gasteiger partial charge in [0.1, 0.15) is 0 Å². The normalized spacial score (nSPS) is 20.4. The van der Waals surface area contributed by atoms with Gasteiger partial charge in [0.15, 0.2) is 11.6 Å². The van der Waals surface area contributed by atoms with Crippen LogP contribution >= 0.6 is 0 Å². The van der Waals surface area contributed by atoms with Crippen LogP contribution in [0.2, 0.25) is 0 Å². The molecule has 1 aliphatic carbocycles. The molecule has 32 heavy (non-hydrogen) atoms. The molecule has 1 fully saturated rings. The minimum atomic E-state index is 0.150. The van der Waals surface area contributed by atoms with E-state index >= 15 is 0 Å². The lowest BCUT2D eigenvalue weighted by Crippen LogP contribution is -2.30. The minimum Gasteiger partial charge on any atom is -0.294 e. The zero-order valence-corrected chi connectivity index (χ0v) is 18.9. The highest BCUT2D eigenvalue weighted by molar-refractivity contribution is 6.02. The number of ketones is 1. The van der Waals surface area contributed by atoms with Crippen molar-refractivity contribution < 1.29 is 4.79 Å². The second kappa shape index (κ2) is 9.82. The fourth-order valence-corrected chi connectivity index (χ4v) is 4.15.